The minimum Gasteiger partial charge on any atom is -0.299 e. The van der Waals surface area contributed by atoms with Crippen LogP contribution in [0.25, 0.3) is 0 Å². The Bertz CT molecular complexity index is 193. The second-order valence-corrected chi connectivity index (χ2v) is 4.96. The lowest BCUT2D eigenvalue weighted by molar-refractivity contribution is 0.204. The molecule has 0 amide bonds. The van der Waals surface area contributed by atoms with E-state index < -0.39 is 0 Å². The van der Waals surface area contributed by atoms with Gasteiger partial charge < -0.3 is 0 Å². The second kappa shape index (κ2) is 4.11. The molecule has 0 aromatic carbocycles. The summed E-state index contributed by atoms with van der Waals surface area (Å²) in [5.74, 6) is 0. The maximum absolute atomic E-state index is 8.66. The Hall–Kier alpha value is -0.550. The van der Waals surface area contributed by atoms with Gasteiger partial charge in [0, 0.05) is 6.04 Å². The van der Waals surface area contributed by atoms with Crippen molar-refractivity contribution in [1.82, 2.24) is 5.32 Å². The molecule has 1 N–H and O–H groups in total. The average molecular weight is 180 g/mol. The summed E-state index contributed by atoms with van der Waals surface area (Å²) in [5, 5.41) is 12.0. The highest BCUT2D eigenvalue weighted by Crippen LogP contribution is 2.34. The van der Waals surface area contributed by atoms with E-state index in [1.54, 1.807) is 0 Å². The third kappa shape index (κ3) is 3.36. The summed E-state index contributed by atoms with van der Waals surface area (Å²) in [6.45, 7) is 6.59. The number of nitriles is 1. The van der Waals surface area contributed by atoms with E-state index in [9.17, 15) is 0 Å². The van der Waals surface area contributed by atoms with Crippen molar-refractivity contribution in [2.75, 3.05) is 0 Å². The molecule has 1 fully saturated rings. The molecule has 1 saturated carbocycles. The minimum atomic E-state index is 0.00575. The lowest BCUT2D eigenvalue weighted by atomic mass is 9.75. The summed E-state index contributed by atoms with van der Waals surface area (Å²) in [5.41, 5.74) is 0.522. The number of nitrogens with zero attached hydrogens (tertiary/aromatic N) is 1. The van der Waals surface area contributed by atoms with Crippen LogP contribution in [0.15, 0.2) is 0 Å². The molecule has 0 aromatic rings. The molecular weight excluding hydrogens is 160 g/mol. The molecule has 0 aliphatic heterocycles. The smallest absolute Gasteiger partial charge is 0.0926 e. The van der Waals surface area contributed by atoms with Gasteiger partial charge in [0.15, 0.2) is 0 Å². The Morgan fingerprint density at radius 2 is 1.92 bits per heavy atom. The first-order chi connectivity index (χ1) is 6.03. The van der Waals surface area contributed by atoms with Gasteiger partial charge in [-0.05, 0) is 38.0 Å². The molecule has 0 saturated heterocycles. The van der Waals surface area contributed by atoms with Crippen LogP contribution in [-0.2, 0) is 0 Å². The van der Waals surface area contributed by atoms with Crippen molar-refractivity contribution in [3.8, 4) is 6.07 Å². The predicted octanol–water partition coefficient (Wildman–Crippen LogP) is 2.46. The van der Waals surface area contributed by atoms with Gasteiger partial charge in [0.25, 0.3) is 0 Å². The highest BCUT2D eigenvalue weighted by molar-refractivity contribution is 4.90. The SMILES string of the molecule is CC(C#N)NC1CCC(C)(C)CC1. The van der Waals surface area contributed by atoms with Gasteiger partial charge in [0.1, 0.15) is 0 Å². The number of hydrogen-bond donors (Lipinski definition) is 1. The standard InChI is InChI=1S/C11H20N2/c1-9(8-12)13-10-4-6-11(2,3)7-5-10/h9-10,13H,4-7H2,1-3H3. The normalized spacial score (nSPS) is 25.1. The van der Waals surface area contributed by atoms with Crippen LogP contribution in [-0.4, -0.2) is 12.1 Å². The van der Waals surface area contributed by atoms with Crippen molar-refractivity contribution in [1.29, 1.82) is 5.26 Å². The van der Waals surface area contributed by atoms with Crippen LogP contribution in [0.3, 0.4) is 0 Å². The molecule has 13 heavy (non-hydrogen) atoms. The molecule has 0 radical (unpaired) electrons. The van der Waals surface area contributed by atoms with Crippen molar-refractivity contribution >= 4 is 0 Å². The summed E-state index contributed by atoms with van der Waals surface area (Å²) in [7, 11) is 0. The van der Waals surface area contributed by atoms with Gasteiger partial charge in [0.2, 0.25) is 0 Å². The summed E-state index contributed by atoms with van der Waals surface area (Å²) < 4.78 is 0. The van der Waals surface area contributed by atoms with Gasteiger partial charge in [-0.3, -0.25) is 5.32 Å². The van der Waals surface area contributed by atoms with E-state index in [2.05, 4.69) is 25.2 Å². The van der Waals surface area contributed by atoms with E-state index in [-0.39, 0.29) is 6.04 Å². The molecule has 1 aliphatic carbocycles. The number of nitrogens with one attached hydrogen (secondary N) is 1. The lowest BCUT2D eigenvalue weighted by Gasteiger charge is -2.35. The summed E-state index contributed by atoms with van der Waals surface area (Å²) in [4.78, 5) is 0. The highest BCUT2D eigenvalue weighted by Gasteiger charge is 2.26. The first-order valence-corrected chi connectivity index (χ1v) is 5.19. The zero-order valence-electron chi connectivity index (χ0n) is 8.93. The first-order valence-electron chi connectivity index (χ1n) is 5.19. The van der Waals surface area contributed by atoms with Gasteiger partial charge in [-0.25, -0.2) is 0 Å². The molecule has 1 rings (SSSR count). The third-order valence-electron chi connectivity index (χ3n) is 3.02. The number of hydrogen-bond acceptors (Lipinski definition) is 2. The van der Waals surface area contributed by atoms with E-state index in [0.717, 1.165) is 0 Å². The van der Waals surface area contributed by atoms with Crippen LogP contribution in [0.4, 0.5) is 0 Å². The largest absolute Gasteiger partial charge is 0.299 e. The summed E-state index contributed by atoms with van der Waals surface area (Å²) in [6, 6.07) is 2.80. The molecule has 1 aliphatic rings. The fourth-order valence-corrected chi connectivity index (χ4v) is 1.96. The highest BCUT2D eigenvalue weighted by atomic mass is 14.9. The zero-order valence-corrected chi connectivity index (χ0v) is 8.93. The van der Waals surface area contributed by atoms with Crippen LogP contribution >= 0.6 is 0 Å². The maximum Gasteiger partial charge on any atom is 0.0926 e. The predicted molar refractivity (Wildman–Crippen MR) is 54.2 cm³/mol. The van der Waals surface area contributed by atoms with Crippen LogP contribution in [0, 0.1) is 16.7 Å². The quantitative estimate of drug-likeness (QED) is 0.708. The molecule has 1 unspecified atom stereocenters. The van der Waals surface area contributed by atoms with Crippen LogP contribution in [0.2, 0.25) is 0 Å². The minimum absolute atomic E-state index is 0.00575. The molecule has 0 spiro atoms. The summed E-state index contributed by atoms with van der Waals surface area (Å²) >= 11 is 0. The van der Waals surface area contributed by atoms with Gasteiger partial charge in [0.05, 0.1) is 12.1 Å². The Labute approximate surface area is 81.3 Å². The van der Waals surface area contributed by atoms with Gasteiger partial charge in [-0.15, -0.1) is 0 Å². The van der Waals surface area contributed by atoms with Crippen LogP contribution < -0.4 is 5.32 Å². The molecule has 1 atom stereocenters. The Balaban J connectivity index is 2.30. The first kappa shape index (κ1) is 10.5. The van der Waals surface area contributed by atoms with Gasteiger partial charge in [-0.2, -0.15) is 5.26 Å². The molecule has 0 aromatic heterocycles. The molecule has 0 bridgehead atoms. The molecular formula is C11H20N2. The molecule has 0 heterocycles. The topological polar surface area (TPSA) is 35.8 Å². The Morgan fingerprint density at radius 1 is 1.38 bits per heavy atom. The monoisotopic (exact) mass is 180 g/mol. The van der Waals surface area contributed by atoms with Crippen molar-refractivity contribution in [2.45, 2.75) is 58.5 Å². The summed E-state index contributed by atoms with van der Waals surface area (Å²) in [6.07, 6.45) is 5.00. The maximum atomic E-state index is 8.66. The van der Waals surface area contributed by atoms with Gasteiger partial charge >= 0.3 is 0 Å². The van der Waals surface area contributed by atoms with Crippen molar-refractivity contribution in [3.63, 3.8) is 0 Å². The van der Waals surface area contributed by atoms with E-state index in [1.165, 1.54) is 25.7 Å². The molecule has 2 nitrogen and oxygen atoms in total. The van der Waals surface area contributed by atoms with E-state index in [1.807, 2.05) is 6.92 Å². The fraction of sp³-hybridized carbons (Fsp3) is 0.909. The molecule has 74 valence electrons. The van der Waals surface area contributed by atoms with Crippen molar-refractivity contribution in [2.24, 2.45) is 5.41 Å². The molecule has 2 heteroatoms. The van der Waals surface area contributed by atoms with E-state index in [4.69, 9.17) is 5.26 Å². The van der Waals surface area contributed by atoms with E-state index in [0.29, 0.717) is 11.5 Å². The van der Waals surface area contributed by atoms with Crippen LogP contribution in [0.5, 0.6) is 0 Å². The second-order valence-electron chi connectivity index (χ2n) is 4.96. The van der Waals surface area contributed by atoms with E-state index >= 15 is 0 Å². The van der Waals surface area contributed by atoms with Crippen LogP contribution in [0.1, 0.15) is 46.5 Å². The average Bonchev–Trinajstić information content (AvgIpc) is 2.08. The van der Waals surface area contributed by atoms with Crippen molar-refractivity contribution < 1.29 is 0 Å². The third-order valence-corrected chi connectivity index (χ3v) is 3.02. The fourth-order valence-electron chi connectivity index (χ4n) is 1.96. The zero-order chi connectivity index (χ0) is 9.90. The Morgan fingerprint density at radius 3 is 2.38 bits per heavy atom. The van der Waals surface area contributed by atoms with Gasteiger partial charge in [-0.1, -0.05) is 13.8 Å². The lowest BCUT2D eigenvalue weighted by Crippen LogP contribution is -2.39. The number of rotatable bonds is 2. The Kier molecular flexibility index (Phi) is 3.33. The van der Waals surface area contributed by atoms with Crippen molar-refractivity contribution in [3.05, 3.63) is 0 Å².